The van der Waals surface area contributed by atoms with Gasteiger partial charge in [-0.3, -0.25) is 9.59 Å². The van der Waals surface area contributed by atoms with Gasteiger partial charge in [0.25, 0.3) is 0 Å². The molecule has 0 saturated carbocycles. The molecule has 6 heteroatoms. The van der Waals surface area contributed by atoms with Gasteiger partial charge in [0, 0.05) is 6.54 Å². The van der Waals surface area contributed by atoms with Crippen molar-refractivity contribution in [2.45, 2.75) is 6.04 Å². The Bertz CT molecular complexity index is 159. The molecule has 0 heterocycles. The van der Waals surface area contributed by atoms with E-state index in [0.29, 0.717) is 0 Å². The maximum atomic E-state index is 10.1. The number of carbonyl (C=O) groups is 2. The van der Waals surface area contributed by atoms with E-state index in [1.54, 1.807) is 0 Å². The first-order valence-electron chi connectivity index (χ1n) is 2.95. The summed E-state index contributed by atoms with van der Waals surface area (Å²) in [5.74, 6) is -2.19. The molecule has 0 aliphatic rings. The summed E-state index contributed by atoms with van der Waals surface area (Å²) in [5, 5.41) is 18.7. The molecule has 5 N–H and O–H groups in total. The Hall–Kier alpha value is -1.14. The largest absolute Gasteiger partial charge is 0.480 e. The summed E-state index contributed by atoms with van der Waals surface area (Å²) >= 11 is 0. The van der Waals surface area contributed by atoms with E-state index in [2.05, 4.69) is 5.32 Å². The van der Waals surface area contributed by atoms with Gasteiger partial charge in [-0.25, -0.2) is 0 Å². The normalized spacial score (nSPS) is 12.5. The molecule has 0 aliphatic carbocycles. The number of carboxylic acid groups (broad SMARTS) is 2. The molecule has 0 rings (SSSR count). The summed E-state index contributed by atoms with van der Waals surface area (Å²) in [6.45, 7) is -0.317. The fraction of sp³-hybridized carbons (Fsp3) is 0.600. The van der Waals surface area contributed by atoms with Crippen molar-refractivity contribution in [3.8, 4) is 0 Å². The van der Waals surface area contributed by atoms with E-state index < -0.39 is 18.0 Å². The molecule has 0 unspecified atom stereocenters. The van der Waals surface area contributed by atoms with Crippen molar-refractivity contribution in [3.05, 3.63) is 0 Å². The van der Waals surface area contributed by atoms with Crippen LogP contribution in [0.4, 0.5) is 0 Å². The van der Waals surface area contributed by atoms with Crippen molar-refractivity contribution in [1.82, 2.24) is 5.32 Å². The molecular formula is C5H10N2O4. The Morgan fingerprint density at radius 2 is 2.00 bits per heavy atom. The molecule has 0 bridgehead atoms. The van der Waals surface area contributed by atoms with Crippen LogP contribution >= 0.6 is 0 Å². The SMILES string of the molecule is N[C@@H](CNCC(=O)O)C(=O)O. The zero-order valence-corrected chi connectivity index (χ0v) is 5.78. The quantitative estimate of drug-likeness (QED) is 0.374. The fourth-order valence-electron chi connectivity index (χ4n) is 0.422. The highest BCUT2D eigenvalue weighted by molar-refractivity contribution is 5.73. The van der Waals surface area contributed by atoms with Gasteiger partial charge in [-0.2, -0.15) is 0 Å². The van der Waals surface area contributed by atoms with Crippen molar-refractivity contribution in [2.75, 3.05) is 13.1 Å². The van der Waals surface area contributed by atoms with Crippen molar-refractivity contribution < 1.29 is 19.8 Å². The average molecular weight is 162 g/mol. The van der Waals surface area contributed by atoms with Gasteiger partial charge in [-0.05, 0) is 0 Å². The molecule has 64 valence electrons. The highest BCUT2D eigenvalue weighted by Crippen LogP contribution is 1.74. The van der Waals surface area contributed by atoms with E-state index in [1.165, 1.54) is 0 Å². The Balaban J connectivity index is 3.39. The van der Waals surface area contributed by atoms with Crippen LogP contribution in [0.5, 0.6) is 0 Å². The highest BCUT2D eigenvalue weighted by Gasteiger charge is 2.10. The third kappa shape index (κ3) is 5.31. The van der Waals surface area contributed by atoms with E-state index in [1.807, 2.05) is 0 Å². The molecule has 1 atom stereocenters. The van der Waals surface area contributed by atoms with Crippen LogP contribution in [0.2, 0.25) is 0 Å². The molecule has 0 saturated heterocycles. The molecule has 11 heavy (non-hydrogen) atoms. The minimum absolute atomic E-state index is 0.0400. The topological polar surface area (TPSA) is 113 Å². The highest BCUT2D eigenvalue weighted by atomic mass is 16.4. The second-order valence-corrected chi connectivity index (χ2v) is 1.97. The van der Waals surface area contributed by atoms with Gasteiger partial charge in [0.15, 0.2) is 0 Å². The summed E-state index contributed by atoms with van der Waals surface area (Å²) in [6, 6.07) is -1.05. The van der Waals surface area contributed by atoms with Gasteiger partial charge in [-0.15, -0.1) is 0 Å². The van der Waals surface area contributed by atoms with E-state index in [-0.39, 0.29) is 13.1 Å². The third-order valence-electron chi connectivity index (χ3n) is 0.958. The Labute approximate surface area is 63.0 Å². The van der Waals surface area contributed by atoms with Crippen molar-refractivity contribution in [3.63, 3.8) is 0 Å². The fourth-order valence-corrected chi connectivity index (χ4v) is 0.422. The third-order valence-corrected chi connectivity index (χ3v) is 0.958. The number of hydrogen-bond acceptors (Lipinski definition) is 4. The number of hydrogen-bond donors (Lipinski definition) is 4. The molecule has 0 aromatic carbocycles. The number of carboxylic acids is 2. The molecule has 6 nitrogen and oxygen atoms in total. The van der Waals surface area contributed by atoms with Crippen LogP contribution in [0.3, 0.4) is 0 Å². The maximum Gasteiger partial charge on any atom is 0.321 e. The summed E-state index contributed by atoms with van der Waals surface area (Å²) in [4.78, 5) is 20.0. The molecular weight excluding hydrogens is 152 g/mol. The van der Waals surface area contributed by atoms with Crippen LogP contribution in [0, 0.1) is 0 Å². The van der Waals surface area contributed by atoms with Gasteiger partial charge in [0.1, 0.15) is 6.04 Å². The van der Waals surface area contributed by atoms with Crippen LogP contribution < -0.4 is 11.1 Å². The minimum atomic E-state index is -1.15. The van der Waals surface area contributed by atoms with Crippen LogP contribution in [0.25, 0.3) is 0 Å². The molecule has 0 aromatic rings. The van der Waals surface area contributed by atoms with E-state index in [0.717, 1.165) is 0 Å². The second kappa shape index (κ2) is 4.64. The van der Waals surface area contributed by atoms with E-state index in [4.69, 9.17) is 15.9 Å². The Kier molecular flexibility index (Phi) is 4.16. The first-order chi connectivity index (χ1) is 5.04. The maximum absolute atomic E-state index is 10.1. The molecule has 0 fully saturated rings. The number of rotatable bonds is 5. The lowest BCUT2D eigenvalue weighted by Crippen LogP contribution is -2.41. The molecule has 0 aliphatic heterocycles. The van der Waals surface area contributed by atoms with Crippen LogP contribution in [0.15, 0.2) is 0 Å². The van der Waals surface area contributed by atoms with Crippen molar-refractivity contribution >= 4 is 11.9 Å². The number of nitrogens with one attached hydrogen (secondary N) is 1. The lowest BCUT2D eigenvalue weighted by Gasteiger charge is -2.05. The van der Waals surface area contributed by atoms with Gasteiger partial charge < -0.3 is 21.3 Å². The average Bonchev–Trinajstić information content (AvgIpc) is 1.86. The van der Waals surface area contributed by atoms with Gasteiger partial charge >= 0.3 is 11.9 Å². The zero-order chi connectivity index (χ0) is 8.85. The molecule has 0 amide bonds. The lowest BCUT2D eigenvalue weighted by molar-refractivity contribution is -0.139. The monoisotopic (exact) mass is 162 g/mol. The summed E-state index contributed by atoms with van der Waals surface area (Å²) in [6.07, 6.45) is 0. The number of aliphatic carboxylic acids is 2. The molecule has 0 aromatic heterocycles. The molecule has 0 spiro atoms. The van der Waals surface area contributed by atoms with E-state index >= 15 is 0 Å². The van der Waals surface area contributed by atoms with Crippen molar-refractivity contribution in [2.24, 2.45) is 5.73 Å². The van der Waals surface area contributed by atoms with Crippen LogP contribution in [-0.4, -0.2) is 41.3 Å². The Morgan fingerprint density at radius 1 is 1.45 bits per heavy atom. The van der Waals surface area contributed by atoms with Crippen LogP contribution in [0.1, 0.15) is 0 Å². The Morgan fingerprint density at radius 3 is 2.36 bits per heavy atom. The van der Waals surface area contributed by atoms with E-state index in [9.17, 15) is 9.59 Å². The van der Waals surface area contributed by atoms with Gasteiger partial charge in [-0.1, -0.05) is 0 Å². The smallest absolute Gasteiger partial charge is 0.321 e. The first kappa shape index (κ1) is 9.86. The van der Waals surface area contributed by atoms with Gasteiger partial charge in [0.2, 0.25) is 0 Å². The van der Waals surface area contributed by atoms with Gasteiger partial charge in [0.05, 0.1) is 6.54 Å². The lowest BCUT2D eigenvalue weighted by atomic mass is 10.3. The second-order valence-electron chi connectivity index (χ2n) is 1.97. The summed E-state index contributed by atoms with van der Waals surface area (Å²) < 4.78 is 0. The first-order valence-corrected chi connectivity index (χ1v) is 2.95. The molecule has 0 radical (unpaired) electrons. The zero-order valence-electron chi connectivity index (χ0n) is 5.78. The predicted octanol–water partition coefficient (Wildman–Crippen LogP) is -1.93. The van der Waals surface area contributed by atoms with Crippen LogP contribution in [-0.2, 0) is 9.59 Å². The number of nitrogens with two attached hydrogens (primary N) is 1. The standard InChI is InChI=1S/C5H10N2O4/c6-3(5(10)11)1-7-2-4(8)9/h3,7H,1-2,6H2,(H,8,9)(H,10,11)/t3-/m0/s1. The van der Waals surface area contributed by atoms with Crippen molar-refractivity contribution in [1.29, 1.82) is 0 Å². The minimum Gasteiger partial charge on any atom is -0.480 e. The summed E-state index contributed by atoms with van der Waals surface area (Å²) in [7, 11) is 0. The predicted molar refractivity (Wildman–Crippen MR) is 36.1 cm³/mol. The summed E-state index contributed by atoms with van der Waals surface area (Å²) in [5.41, 5.74) is 5.05.